The minimum absolute atomic E-state index is 0.0614. The summed E-state index contributed by atoms with van der Waals surface area (Å²) in [4.78, 5) is 16.9. The van der Waals surface area contributed by atoms with E-state index in [4.69, 9.17) is 9.15 Å². The molecule has 4 rings (SSSR count). The van der Waals surface area contributed by atoms with E-state index in [1.54, 1.807) is 0 Å². The van der Waals surface area contributed by atoms with Gasteiger partial charge in [0.15, 0.2) is 12.2 Å². The van der Waals surface area contributed by atoms with Crippen LogP contribution in [0.2, 0.25) is 0 Å². The van der Waals surface area contributed by atoms with Gasteiger partial charge in [-0.05, 0) is 60.9 Å². The van der Waals surface area contributed by atoms with Gasteiger partial charge in [-0.1, -0.05) is 43.7 Å². The number of hydrogen-bond acceptors (Lipinski definition) is 4. The number of carbonyl (C=O) groups is 1. The lowest BCUT2D eigenvalue weighted by atomic mass is 10.0. The number of anilines is 1. The first-order chi connectivity index (χ1) is 14.5. The third kappa shape index (κ3) is 4.51. The summed E-state index contributed by atoms with van der Waals surface area (Å²) >= 11 is 0. The van der Waals surface area contributed by atoms with Gasteiger partial charge in [-0.25, -0.2) is 4.98 Å². The Morgan fingerprint density at radius 2 is 1.87 bits per heavy atom. The minimum Gasteiger partial charge on any atom is -0.484 e. The number of aromatic nitrogens is 1. The molecule has 0 saturated carbocycles. The van der Waals surface area contributed by atoms with Crippen molar-refractivity contribution in [1.82, 2.24) is 4.98 Å². The fourth-order valence-corrected chi connectivity index (χ4v) is 3.14. The third-order valence-electron chi connectivity index (χ3n) is 4.86. The van der Waals surface area contributed by atoms with E-state index in [1.165, 1.54) is 5.56 Å². The van der Waals surface area contributed by atoms with Gasteiger partial charge < -0.3 is 14.5 Å². The molecule has 4 aromatic rings. The smallest absolute Gasteiger partial charge is 0.262 e. The number of carbonyl (C=O) groups excluding carboxylic acids is 1. The molecule has 5 heteroatoms. The molecule has 152 valence electrons. The van der Waals surface area contributed by atoms with Crippen molar-refractivity contribution in [3.63, 3.8) is 0 Å². The molecule has 0 aliphatic rings. The largest absolute Gasteiger partial charge is 0.484 e. The van der Waals surface area contributed by atoms with Crippen molar-refractivity contribution in [3.8, 4) is 17.2 Å². The fourth-order valence-electron chi connectivity index (χ4n) is 3.14. The van der Waals surface area contributed by atoms with Gasteiger partial charge >= 0.3 is 0 Å². The first-order valence-electron chi connectivity index (χ1n) is 9.98. The third-order valence-corrected chi connectivity index (χ3v) is 4.86. The van der Waals surface area contributed by atoms with Crippen LogP contribution in [0.3, 0.4) is 0 Å². The number of rotatable bonds is 6. The molecule has 5 nitrogen and oxygen atoms in total. The maximum absolute atomic E-state index is 12.3. The molecule has 1 aromatic heterocycles. The van der Waals surface area contributed by atoms with Crippen molar-refractivity contribution in [2.75, 3.05) is 11.9 Å². The monoisotopic (exact) mass is 400 g/mol. The number of amides is 1. The molecule has 30 heavy (non-hydrogen) atoms. The Kier molecular flexibility index (Phi) is 5.53. The minimum atomic E-state index is -0.230. The molecular weight excluding hydrogens is 376 g/mol. The van der Waals surface area contributed by atoms with E-state index in [0.717, 1.165) is 22.2 Å². The van der Waals surface area contributed by atoms with Gasteiger partial charge in [0.25, 0.3) is 5.91 Å². The van der Waals surface area contributed by atoms with Crippen LogP contribution in [-0.4, -0.2) is 17.5 Å². The molecule has 0 aliphatic heterocycles. The summed E-state index contributed by atoms with van der Waals surface area (Å²) < 4.78 is 11.5. The van der Waals surface area contributed by atoms with Crippen molar-refractivity contribution in [2.24, 2.45) is 0 Å². The SMILES string of the molecule is Cc1ccc(OCC(=O)Nc2cccc(-c3nc4cc(C(C)C)ccc4o3)c2)cc1. The molecule has 0 aliphatic carbocycles. The van der Waals surface area contributed by atoms with Crippen LogP contribution in [0.25, 0.3) is 22.6 Å². The standard InChI is InChI=1S/C25H24N2O3/c1-16(2)18-9-12-23-22(14-18)27-25(30-23)19-5-4-6-20(13-19)26-24(28)15-29-21-10-7-17(3)8-11-21/h4-14,16H,15H2,1-3H3,(H,26,28). The van der Waals surface area contributed by atoms with E-state index in [-0.39, 0.29) is 12.5 Å². The molecule has 0 spiro atoms. The first-order valence-corrected chi connectivity index (χ1v) is 9.98. The summed E-state index contributed by atoms with van der Waals surface area (Å²) in [6, 6.07) is 21.1. The highest BCUT2D eigenvalue weighted by atomic mass is 16.5. The topological polar surface area (TPSA) is 64.4 Å². The van der Waals surface area contributed by atoms with Crippen molar-refractivity contribution in [3.05, 3.63) is 77.9 Å². The Morgan fingerprint density at radius 3 is 2.63 bits per heavy atom. The zero-order valence-corrected chi connectivity index (χ0v) is 17.3. The first kappa shape index (κ1) is 19.7. The van der Waals surface area contributed by atoms with E-state index >= 15 is 0 Å². The second-order valence-electron chi connectivity index (χ2n) is 7.63. The maximum Gasteiger partial charge on any atom is 0.262 e. The van der Waals surface area contributed by atoms with E-state index in [2.05, 4.69) is 36.3 Å². The zero-order chi connectivity index (χ0) is 21.1. The average Bonchev–Trinajstić information content (AvgIpc) is 3.17. The predicted octanol–water partition coefficient (Wildman–Crippen LogP) is 5.94. The van der Waals surface area contributed by atoms with E-state index in [1.807, 2.05) is 61.5 Å². The Labute approximate surface area is 175 Å². The molecule has 0 atom stereocenters. The molecule has 0 radical (unpaired) electrons. The summed E-state index contributed by atoms with van der Waals surface area (Å²) in [6.45, 7) is 6.24. The van der Waals surface area contributed by atoms with Gasteiger partial charge in [0.2, 0.25) is 5.89 Å². The van der Waals surface area contributed by atoms with Crippen molar-refractivity contribution >= 4 is 22.7 Å². The van der Waals surface area contributed by atoms with Crippen molar-refractivity contribution in [1.29, 1.82) is 0 Å². The summed E-state index contributed by atoms with van der Waals surface area (Å²) in [5, 5.41) is 2.86. The van der Waals surface area contributed by atoms with Crippen LogP contribution in [0.15, 0.2) is 71.1 Å². The highest BCUT2D eigenvalue weighted by Crippen LogP contribution is 2.28. The van der Waals surface area contributed by atoms with Gasteiger partial charge in [-0.3, -0.25) is 4.79 Å². The molecule has 1 N–H and O–H groups in total. The normalized spacial score (nSPS) is 11.1. The summed E-state index contributed by atoms with van der Waals surface area (Å²) in [7, 11) is 0. The quantitative estimate of drug-likeness (QED) is 0.435. The number of benzene rings is 3. The van der Waals surface area contributed by atoms with Crippen LogP contribution < -0.4 is 10.1 Å². The summed E-state index contributed by atoms with van der Waals surface area (Å²) in [6.07, 6.45) is 0. The van der Waals surface area contributed by atoms with Crippen LogP contribution in [0, 0.1) is 6.92 Å². The number of hydrogen-bond donors (Lipinski definition) is 1. The molecule has 0 fully saturated rings. The maximum atomic E-state index is 12.3. The Balaban J connectivity index is 1.46. The number of aryl methyl sites for hydroxylation is 1. The lowest BCUT2D eigenvalue weighted by molar-refractivity contribution is -0.118. The number of oxazole rings is 1. The van der Waals surface area contributed by atoms with Crippen LogP contribution >= 0.6 is 0 Å². The van der Waals surface area contributed by atoms with Crippen LogP contribution in [0.5, 0.6) is 5.75 Å². The molecule has 0 saturated heterocycles. The fraction of sp³-hybridized carbons (Fsp3) is 0.200. The van der Waals surface area contributed by atoms with Crippen LogP contribution in [0.4, 0.5) is 5.69 Å². The van der Waals surface area contributed by atoms with Gasteiger partial charge in [0, 0.05) is 11.3 Å². The molecule has 3 aromatic carbocycles. The van der Waals surface area contributed by atoms with E-state index < -0.39 is 0 Å². The molecule has 1 amide bonds. The zero-order valence-electron chi connectivity index (χ0n) is 17.3. The second kappa shape index (κ2) is 8.41. The van der Waals surface area contributed by atoms with Gasteiger partial charge in [0.05, 0.1) is 0 Å². The summed E-state index contributed by atoms with van der Waals surface area (Å²) in [5.41, 5.74) is 5.40. The average molecular weight is 400 g/mol. The Morgan fingerprint density at radius 1 is 1.07 bits per heavy atom. The summed E-state index contributed by atoms with van der Waals surface area (Å²) in [5.74, 6) is 1.39. The molecule has 1 heterocycles. The Bertz CT molecular complexity index is 1180. The highest BCUT2D eigenvalue weighted by Gasteiger charge is 2.11. The Hall–Kier alpha value is -3.60. The van der Waals surface area contributed by atoms with E-state index in [0.29, 0.717) is 23.2 Å². The number of fused-ring (bicyclic) bond motifs is 1. The molecule has 0 bridgehead atoms. The predicted molar refractivity (Wildman–Crippen MR) is 119 cm³/mol. The number of ether oxygens (including phenoxy) is 1. The highest BCUT2D eigenvalue weighted by molar-refractivity contribution is 5.92. The number of nitrogens with one attached hydrogen (secondary N) is 1. The second-order valence-corrected chi connectivity index (χ2v) is 7.63. The van der Waals surface area contributed by atoms with Crippen molar-refractivity contribution < 1.29 is 13.9 Å². The lowest BCUT2D eigenvalue weighted by Gasteiger charge is -2.08. The van der Waals surface area contributed by atoms with Gasteiger partial charge in [0.1, 0.15) is 11.3 Å². The van der Waals surface area contributed by atoms with Crippen LogP contribution in [-0.2, 0) is 4.79 Å². The van der Waals surface area contributed by atoms with E-state index in [9.17, 15) is 4.79 Å². The lowest BCUT2D eigenvalue weighted by Crippen LogP contribution is -2.20. The molecular formula is C25H24N2O3. The van der Waals surface area contributed by atoms with Gasteiger partial charge in [-0.2, -0.15) is 0 Å². The molecule has 0 unspecified atom stereocenters. The van der Waals surface area contributed by atoms with Gasteiger partial charge in [-0.15, -0.1) is 0 Å². The van der Waals surface area contributed by atoms with Crippen LogP contribution in [0.1, 0.15) is 30.9 Å². The van der Waals surface area contributed by atoms with Crippen molar-refractivity contribution in [2.45, 2.75) is 26.7 Å². The number of nitrogens with zero attached hydrogens (tertiary/aromatic N) is 1.